The first-order valence-corrected chi connectivity index (χ1v) is 7.76. The summed E-state index contributed by atoms with van der Waals surface area (Å²) in [6, 6.07) is 8.02. The van der Waals surface area contributed by atoms with Gasteiger partial charge in [-0.3, -0.25) is 4.98 Å². The van der Waals surface area contributed by atoms with E-state index in [1.54, 1.807) is 12.3 Å². The number of nitrogens with zero attached hydrogens (tertiary/aromatic N) is 1. The number of aromatic nitrogens is 1. The molecule has 21 heavy (non-hydrogen) atoms. The second-order valence-corrected chi connectivity index (χ2v) is 6.26. The van der Waals surface area contributed by atoms with Crippen LogP contribution in [0.4, 0.5) is 5.69 Å². The number of nitrogens with two attached hydrogens (primary N) is 1. The first-order chi connectivity index (χ1) is 9.94. The number of nitrogens with one attached hydrogen (secondary N) is 1. The van der Waals surface area contributed by atoms with Crippen molar-refractivity contribution in [3.8, 4) is 5.75 Å². The smallest absolute Gasteiger partial charge is 0.241 e. The van der Waals surface area contributed by atoms with Gasteiger partial charge >= 0.3 is 0 Å². The van der Waals surface area contributed by atoms with Crippen LogP contribution in [-0.4, -0.2) is 20.5 Å². The molecule has 7 heteroatoms. The molecule has 1 aromatic carbocycles. The highest BCUT2D eigenvalue weighted by Gasteiger charge is 2.16. The quantitative estimate of drug-likeness (QED) is 0.816. The summed E-state index contributed by atoms with van der Waals surface area (Å²) in [5, 5.41) is 0. The zero-order chi connectivity index (χ0) is 15.5. The summed E-state index contributed by atoms with van der Waals surface area (Å²) in [6.07, 6.45) is 1.63. The van der Waals surface area contributed by atoms with Crippen LogP contribution in [0.25, 0.3) is 0 Å². The Morgan fingerprint density at radius 3 is 2.71 bits per heavy atom. The molecule has 0 radical (unpaired) electrons. The lowest BCUT2D eigenvalue weighted by Gasteiger charge is -2.10. The van der Waals surface area contributed by atoms with Crippen LogP contribution in [0.2, 0.25) is 0 Å². The van der Waals surface area contributed by atoms with Crippen LogP contribution in [0.1, 0.15) is 11.3 Å². The van der Waals surface area contributed by atoms with Crippen molar-refractivity contribution in [2.75, 3.05) is 12.8 Å². The van der Waals surface area contributed by atoms with Gasteiger partial charge in [-0.25, -0.2) is 13.1 Å². The van der Waals surface area contributed by atoms with Crippen molar-refractivity contribution >= 4 is 15.7 Å². The minimum atomic E-state index is -3.65. The van der Waals surface area contributed by atoms with Gasteiger partial charge in [0.25, 0.3) is 0 Å². The summed E-state index contributed by atoms with van der Waals surface area (Å²) in [5.74, 6) is 0.439. The first kappa shape index (κ1) is 15.3. The lowest BCUT2D eigenvalue weighted by Crippen LogP contribution is -2.24. The number of sulfonamides is 1. The Hall–Kier alpha value is -2.12. The molecular weight excluding hydrogens is 290 g/mol. The highest BCUT2D eigenvalue weighted by atomic mass is 32.2. The van der Waals surface area contributed by atoms with Gasteiger partial charge in [0.1, 0.15) is 5.75 Å². The normalized spacial score (nSPS) is 11.3. The SMILES string of the molecule is COc1ccc(S(=O)(=O)NCc2ncccc2C)cc1N. The molecule has 0 bridgehead atoms. The molecule has 112 valence electrons. The number of hydrogen-bond donors (Lipinski definition) is 2. The van der Waals surface area contributed by atoms with Crippen molar-refractivity contribution in [1.29, 1.82) is 0 Å². The molecule has 2 rings (SSSR count). The Morgan fingerprint density at radius 1 is 1.33 bits per heavy atom. The number of methoxy groups -OCH3 is 1. The van der Waals surface area contributed by atoms with Crippen LogP contribution in [0.15, 0.2) is 41.4 Å². The summed E-state index contributed by atoms with van der Waals surface area (Å²) in [7, 11) is -2.17. The van der Waals surface area contributed by atoms with E-state index < -0.39 is 10.0 Å². The van der Waals surface area contributed by atoms with Crippen molar-refractivity contribution in [3.63, 3.8) is 0 Å². The number of hydrogen-bond acceptors (Lipinski definition) is 5. The topological polar surface area (TPSA) is 94.3 Å². The van der Waals surface area contributed by atoms with E-state index in [0.717, 1.165) is 5.56 Å². The Morgan fingerprint density at radius 2 is 2.10 bits per heavy atom. The number of pyridine rings is 1. The van der Waals surface area contributed by atoms with Gasteiger partial charge in [-0.05, 0) is 36.8 Å². The lowest BCUT2D eigenvalue weighted by molar-refractivity contribution is 0.416. The highest BCUT2D eigenvalue weighted by molar-refractivity contribution is 7.89. The van der Waals surface area contributed by atoms with Gasteiger partial charge < -0.3 is 10.5 Å². The maximum atomic E-state index is 12.2. The van der Waals surface area contributed by atoms with Crippen LogP contribution in [0, 0.1) is 6.92 Å². The standard InChI is InChI=1S/C14H17N3O3S/c1-10-4-3-7-16-13(10)9-17-21(18,19)11-5-6-14(20-2)12(15)8-11/h3-8,17H,9,15H2,1-2H3. The van der Waals surface area contributed by atoms with E-state index in [1.807, 2.05) is 13.0 Å². The van der Waals surface area contributed by atoms with Crippen LogP contribution < -0.4 is 15.2 Å². The third-order valence-corrected chi connectivity index (χ3v) is 4.46. The Balaban J connectivity index is 2.19. The van der Waals surface area contributed by atoms with Crippen molar-refractivity contribution in [2.24, 2.45) is 0 Å². The van der Waals surface area contributed by atoms with Gasteiger partial charge in [-0.15, -0.1) is 0 Å². The molecule has 0 unspecified atom stereocenters. The van der Waals surface area contributed by atoms with E-state index in [-0.39, 0.29) is 17.1 Å². The van der Waals surface area contributed by atoms with Gasteiger partial charge in [0.15, 0.2) is 0 Å². The zero-order valence-electron chi connectivity index (χ0n) is 11.8. The maximum Gasteiger partial charge on any atom is 0.241 e. The summed E-state index contributed by atoms with van der Waals surface area (Å²) >= 11 is 0. The number of anilines is 1. The molecule has 0 fully saturated rings. The molecule has 0 amide bonds. The molecule has 2 aromatic rings. The second kappa shape index (κ2) is 6.11. The van der Waals surface area contributed by atoms with E-state index in [4.69, 9.17) is 10.5 Å². The third kappa shape index (κ3) is 3.50. The van der Waals surface area contributed by atoms with Gasteiger partial charge in [-0.2, -0.15) is 0 Å². The van der Waals surface area contributed by atoms with E-state index >= 15 is 0 Å². The first-order valence-electron chi connectivity index (χ1n) is 6.27. The van der Waals surface area contributed by atoms with Crippen LogP contribution in [0.5, 0.6) is 5.75 Å². The number of rotatable bonds is 5. The summed E-state index contributed by atoms with van der Waals surface area (Å²) in [5.41, 5.74) is 7.61. The molecule has 0 aliphatic heterocycles. The van der Waals surface area contributed by atoms with Crippen molar-refractivity contribution in [3.05, 3.63) is 47.8 Å². The molecule has 0 aliphatic rings. The summed E-state index contributed by atoms with van der Waals surface area (Å²) in [4.78, 5) is 4.24. The molecular formula is C14H17N3O3S. The number of nitrogen functional groups attached to an aromatic ring is 1. The predicted molar refractivity (Wildman–Crippen MR) is 80.4 cm³/mol. The minimum absolute atomic E-state index is 0.0920. The van der Waals surface area contributed by atoms with Gasteiger partial charge in [0.05, 0.1) is 29.9 Å². The van der Waals surface area contributed by atoms with Gasteiger partial charge in [0, 0.05) is 6.20 Å². The van der Waals surface area contributed by atoms with E-state index in [1.165, 1.54) is 25.3 Å². The Bertz CT molecular complexity index is 745. The van der Waals surface area contributed by atoms with Crippen LogP contribution in [0.3, 0.4) is 0 Å². The van der Waals surface area contributed by atoms with E-state index in [9.17, 15) is 8.42 Å². The third-order valence-electron chi connectivity index (χ3n) is 3.06. The molecule has 0 aliphatic carbocycles. The van der Waals surface area contributed by atoms with Crippen molar-refractivity contribution in [1.82, 2.24) is 9.71 Å². The average Bonchev–Trinajstić information content (AvgIpc) is 2.46. The Labute approximate surface area is 124 Å². The van der Waals surface area contributed by atoms with Crippen molar-refractivity contribution in [2.45, 2.75) is 18.4 Å². The molecule has 0 saturated heterocycles. The zero-order valence-corrected chi connectivity index (χ0v) is 12.6. The monoisotopic (exact) mass is 307 g/mol. The fourth-order valence-electron chi connectivity index (χ4n) is 1.83. The average molecular weight is 307 g/mol. The predicted octanol–water partition coefficient (Wildman–Crippen LogP) is 1.46. The van der Waals surface area contributed by atoms with Crippen LogP contribution >= 0.6 is 0 Å². The Kier molecular flexibility index (Phi) is 4.44. The summed E-state index contributed by atoms with van der Waals surface area (Å²) in [6.45, 7) is 2.00. The molecule has 0 spiro atoms. The second-order valence-electron chi connectivity index (χ2n) is 4.50. The minimum Gasteiger partial charge on any atom is -0.495 e. The fraction of sp³-hybridized carbons (Fsp3) is 0.214. The maximum absolute atomic E-state index is 12.2. The van der Waals surface area contributed by atoms with E-state index in [0.29, 0.717) is 11.4 Å². The van der Waals surface area contributed by atoms with Crippen LogP contribution in [-0.2, 0) is 16.6 Å². The molecule has 1 aromatic heterocycles. The molecule has 1 heterocycles. The number of aryl methyl sites for hydroxylation is 1. The molecule has 3 N–H and O–H groups in total. The van der Waals surface area contributed by atoms with Gasteiger partial charge in [0.2, 0.25) is 10.0 Å². The largest absolute Gasteiger partial charge is 0.495 e. The molecule has 0 saturated carbocycles. The molecule has 6 nitrogen and oxygen atoms in total. The van der Waals surface area contributed by atoms with Crippen molar-refractivity contribution < 1.29 is 13.2 Å². The highest BCUT2D eigenvalue weighted by Crippen LogP contribution is 2.24. The number of benzene rings is 1. The molecule has 0 atom stereocenters. The lowest BCUT2D eigenvalue weighted by atomic mass is 10.2. The summed E-state index contributed by atoms with van der Waals surface area (Å²) < 4.78 is 32.0. The number of ether oxygens (including phenoxy) is 1. The van der Waals surface area contributed by atoms with E-state index in [2.05, 4.69) is 9.71 Å². The van der Waals surface area contributed by atoms with Gasteiger partial charge in [-0.1, -0.05) is 6.07 Å². The fourth-order valence-corrected chi connectivity index (χ4v) is 2.85.